The Balaban J connectivity index is 2.63. The maximum absolute atomic E-state index is 13.6. The summed E-state index contributed by atoms with van der Waals surface area (Å²) in [7, 11) is 0. The fourth-order valence-electron chi connectivity index (χ4n) is 1.57. The van der Waals surface area contributed by atoms with E-state index < -0.39 is 5.82 Å². The van der Waals surface area contributed by atoms with Gasteiger partial charge in [0.1, 0.15) is 11.6 Å². The number of hydrogen-bond donors (Lipinski definition) is 0. The minimum Gasteiger partial charge on any atom is -0.207 e. The zero-order valence-electron chi connectivity index (χ0n) is 8.60. The second kappa shape index (κ2) is 4.22. The van der Waals surface area contributed by atoms with Gasteiger partial charge < -0.3 is 0 Å². The van der Waals surface area contributed by atoms with Gasteiger partial charge in [-0.25, -0.2) is 8.78 Å². The highest BCUT2D eigenvalue weighted by molar-refractivity contribution is 6.33. The van der Waals surface area contributed by atoms with Crippen molar-refractivity contribution in [1.29, 1.82) is 0 Å². The van der Waals surface area contributed by atoms with Crippen LogP contribution in [0.2, 0.25) is 5.02 Å². The van der Waals surface area contributed by atoms with Gasteiger partial charge in [-0.3, -0.25) is 0 Å². The number of benzene rings is 2. The molecule has 0 aliphatic carbocycles. The zero-order valence-corrected chi connectivity index (χ0v) is 9.35. The van der Waals surface area contributed by atoms with Gasteiger partial charge in [-0.05, 0) is 42.3 Å². The molecule has 0 spiro atoms. The van der Waals surface area contributed by atoms with Crippen molar-refractivity contribution in [2.75, 3.05) is 0 Å². The van der Waals surface area contributed by atoms with E-state index in [0.29, 0.717) is 21.7 Å². The molecule has 82 valence electrons. The van der Waals surface area contributed by atoms with E-state index in [1.807, 2.05) is 0 Å². The van der Waals surface area contributed by atoms with Crippen molar-refractivity contribution in [2.24, 2.45) is 0 Å². The topological polar surface area (TPSA) is 0 Å². The van der Waals surface area contributed by atoms with Gasteiger partial charge in [-0.15, -0.1) is 0 Å². The van der Waals surface area contributed by atoms with Gasteiger partial charge in [0.05, 0.1) is 5.02 Å². The van der Waals surface area contributed by atoms with Crippen LogP contribution in [-0.2, 0) is 0 Å². The molecule has 0 fully saturated rings. The van der Waals surface area contributed by atoms with Gasteiger partial charge in [0.15, 0.2) is 0 Å². The minimum absolute atomic E-state index is 0.309. The number of halogens is 3. The smallest absolute Gasteiger partial charge is 0.132 e. The van der Waals surface area contributed by atoms with Gasteiger partial charge in [0, 0.05) is 5.56 Å². The average molecular weight is 239 g/mol. The molecule has 16 heavy (non-hydrogen) atoms. The Hall–Kier alpha value is -1.41. The molecule has 0 N–H and O–H groups in total. The van der Waals surface area contributed by atoms with E-state index in [-0.39, 0.29) is 5.82 Å². The molecular weight excluding hydrogens is 230 g/mol. The first-order chi connectivity index (χ1) is 7.59. The molecule has 0 aliphatic rings. The van der Waals surface area contributed by atoms with Crippen LogP contribution in [0.3, 0.4) is 0 Å². The summed E-state index contributed by atoms with van der Waals surface area (Å²) in [6.45, 7) is 1.63. The molecule has 0 heterocycles. The van der Waals surface area contributed by atoms with Gasteiger partial charge in [-0.2, -0.15) is 0 Å². The molecule has 0 saturated carbocycles. The Morgan fingerprint density at radius 3 is 2.38 bits per heavy atom. The van der Waals surface area contributed by atoms with E-state index >= 15 is 0 Å². The van der Waals surface area contributed by atoms with Crippen LogP contribution in [0.1, 0.15) is 5.56 Å². The highest BCUT2D eigenvalue weighted by Gasteiger charge is 2.10. The fourth-order valence-corrected chi connectivity index (χ4v) is 1.85. The first-order valence-electron chi connectivity index (χ1n) is 4.80. The summed E-state index contributed by atoms with van der Waals surface area (Å²) >= 11 is 5.92. The number of aryl methyl sites for hydroxylation is 1. The Morgan fingerprint density at radius 2 is 1.75 bits per heavy atom. The second-order valence-corrected chi connectivity index (χ2v) is 3.97. The van der Waals surface area contributed by atoms with E-state index in [1.54, 1.807) is 19.1 Å². The molecule has 0 nitrogen and oxygen atoms in total. The molecule has 0 aliphatic heterocycles. The quantitative estimate of drug-likeness (QED) is 0.682. The van der Waals surface area contributed by atoms with Crippen LogP contribution in [0.5, 0.6) is 0 Å². The lowest BCUT2D eigenvalue weighted by atomic mass is 10.0. The van der Waals surface area contributed by atoms with Gasteiger partial charge in [0.2, 0.25) is 0 Å². The lowest BCUT2D eigenvalue weighted by Crippen LogP contribution is -1.88. The fraction of sp³-hybridized carbons (Fsp3) is 0.0769. The molecule has 2 rings (SSSR count). The standard InChI is InChI=1S/C13H9ClF2/c1-8-7-9(5-6-11(8)15)13-10(14)3-2-4-12(13)16/h2-7H,1H3. The van der Waals surface area contributed by atoms with Crippen molar-refractivity contribution < 1.29 is 8.78 Å². The van der Waals surface area contributed by atoms with Crippen molar-refractivity contribution >= 4 is 11.6 Å². The van der Waals surface area contributed by atoms with E-state index in [0.717, 1.165) is 0 Å². The summed E-state index contributed by atoms with van der Waals surface area (Å²) in [5, 5.41) is 0.325. The molecule has 0 bridgehead atoms. The van der Waals surface area contributed by atoms with Gasteiger partial charge in [0.25, 0.3) is 0 Å². The zero-order chi connectivity index (χ0) is 11.7. The van der Waals surface area contributed by atoms with Crippen molar-refractivity contribution in [3.05, 3.63) is 58.6 Å². The van der Waals surface area contributed by atoms with E-state index in [9.17, 15) is 8.78 Å². The Bertz CT molecular complexity index is 515. The predicted molar refractivity (Wildman–Crippen MR) is 61.5 cm³/mol. The molecule has 0 unspecified atom stereocenters. The third kappa shape index (κ3) is 1.93. The summed E-state index contributed by atoms with van der Waals surface area (Å²) in [4.78, 5) is 0. The summed E-state index contributed by atoms with van der Waals surface area (Å²) in [6, 6.07) is 8.90. The minimum atomic E-state index is -0.404. The lowest BCUT2D eigenvalue weighted by molar-refractivity contribution is 0.617. The molecule has 0 atom stereocenters. The van der Waals surface area contributed by atoms with Crippen LogP contribution in [0.15, 0.2) is 36.4 Å². The lowest BCUT2D eigenvalue weighted by Gasteiger charge is -2.07. The molecular formula is C13H9ClF2. The Kier molecular flexibility index (Phi) is 2.92. The maximum Gasteiger partial charge on any atom is 0.132 e. The molecule has 0 saturated heterocycles. The monoisotopic (exact) mass is 238 g/mol. The summed E-state index contributed by atoms with van der Waals surface area (Å²) in [6.07, 6.45) is 0. The predicted octanol–water partition coefficient (Wildman–Crippen LogP) is 4.59. The van der Waals surface area contributed by atoms with Crippen LogP contribution in [0, 0.1) is 18.6 Å². The normalized spacial score (nSPS) is 10.5. The maximum atomic E-state index is 13.6. The van der Waals surface area contributed by atoms with Crippen molar-refractivity contribution in [1.82, 2.24) is 0 Å². The molecule has 0 aromatic heterocycles. The largest absolute Gasteiger partial charge is 0.207 e. The van der Waals surface area contributed by atoms with E-state index in [4.69, 9.17) is 11.6 Å². The Morgan fingerprint density at radius 1 is 1.00 bits per heavy atom. The molecule has 0 amide bonds. The third-order valence-electron chi connectivity index (χ3n) is 2.41. The highest BCUT2D eigenvalue weighted by atomic mass is 35.5. The van der Waals surface area contributed by atoms with Crippen LogP contribution >= 0.6 is 11.6 Å². The molecule has 2 aromatic carbocycles. The first kappa shape index (κ1) is 11.1. The van der Waals surface area contributed by atoms with Gasteiger partial charge in [-0.1, -0.05) is 23.7 Å². The average Bonchev–Trinajstić information content (AvgIpc) is 2.23. The van der Waals surface area contributed by atoms with E-state index in [2.05, 4.69) is 0 Å². The highest BCUT2D eigenvalue weighted by Crippen LogP contribution is 2.31. The van der Waals surface area contributed by atoms with Crippen LogP contribution in [0.25, 0.3) is 11.1 Å². The Labute approximate surface area is 97.5 Å². The summed E-state index contributed by atoms with van der Waals surface area (Å²) < 4.78 is 26.7. The number of hydrogen-bond acceptors (Lipinski definition) is 0. The second-order valence-electron chi connectivity index (χ2n) is 3.56. The van der Waals surface area contributed by atoms with Crippen molar-refractivity contribution in [3.8, 4) is 11.1 Å². The summed E-state index contributed by atoms with van der Waals surface area (Å²) in [5.74, 6) is -0.713. The van der Waals surface area contributed by atoms with Crippen molar-refractivity contribution in [3.63, 3.8) is 0 Å². The first-order valence-corrected chi connectivity index (χ1v) is 5.18. The SMILES string of the molecule is Cc1cc(-c2c(F)cccc2Cl)ccc1F. The molecule has 0 radical (unpaired) electrons. The van der Waals surface area contributed by atoms with Crippen molar-refractivity contribution in [2.45, 2.75) is 6.92 Å². The number of rotatable bonds is 1. The van der Waals surface area contributed by atoms with Crippen LogP contribution in [-0.4, -0.2) is 0 Å². The summed E-state index contributed by atoms with van der Waals surface area (Å²) in [5.41, 5.74) is 1.37. The van der Waals surface area contributed by atoms with Gasteiger partial charge >= 0.3 is 0 Å². The third-order valence-corrected chi connectivity index (χ3v) is 2.72. The molecule has 2 aromatic rings. The van der Waals surface area contributed by atoms with Crippen LogP contribution in [0.4, 0.5) is 8.78 Å². The van der Waals surface area contributed by atoms with Crippen LogP contribution < -0.4 is 0 Å². The van der Waals surface area contributed by atoms with E-state index in [1.165, 1.54) is 24.3 Å². The molecule has 3 heteroatoms.